The first kappa shape index (κ1) is 16.0. The summed E-state index contributed by atoms with van der Waals surface area (Å²) in [5.74, 6) is 0.826. The van der Waals surface area contributed by atoms with Gasteiger partial charge in [-0.15, -0.1) is 0 Å². The van der Waals surface area contributed by atoms with E-state index < -0.39 is 0 Å². The number of oxime groups is 1. The van der Waals surface area contributed by atoms with Crippen LogP contribution in [0.4, 0.5) is 0 Å². The molecule has 0 radical (unpaired) electrons. The third-order valence-electron chi connectivity index (χ3n) is 3.68. The van der Waals surface area contributed by atoms with Crippen molar-refractivity contribution in [3.63, 3.8) is 0 Å². The average Bonchev–Trinajstić information content (AvgIpc) is 2.89. The molecule has 0 amide bonds. The van der Waals surface area contributed by atoms with Gasteiger partial charge in [0.05, 0.1) is 0 Å². The molecular formula is C18H17IN2O2. The maximum Gasteiger partial charge on any atom is 0.230 e. The van der Waals surface area contributed by atoms with Crippen LogP contribution in [0.2, 0.25) is 0 Å². The second-order valence-corrected chi connectivity index (χ2v) is 5.50. The number of hydrogen-bond donors (Lipinski definition) is 1. The smallest absolute Gasteiger partial charge is 0.230 e. The zero-order valence-electron chi connectivity index (χ0n) is 12.8. The van der Waals surface area contributed by atoms with Crippen molar-refractivity contribution < 1.29 is 7.90 Å². The molecule has 4 nitrogen and oxygen atoms in total. The van der Waals surface area contributed by atoms with E-state index in [1.807, 2.05) is 43.5 Å². The van der Waals surface area contributed by atoms with Gasteiger partial charge in [-0.05, 0) is 36.4 Å². The van der Waals surface area contributed by atoms with Gasteiger partial charge in [0.15, 0.2) is 0 Å². The normalized spacial score (nSPS) is 14.1. The highest BCUT2D eigenvalue weighted by atomic mass is 127. The Balaban J connectivity index is 1.87. The summed E-state index contributed by atoms with van der Waals surface area (Å²) < 4.78 is 10.8. The third kappa shape index (κ3) is 3.40. The van der Waals surface area contributed by atoms with E-state index in [0.29, 0.717) is 6.61 Å². The van der Waals surface area contributed by atoms with Gasteiger partial charge < -0.3 is 13.2 Å². The van der Waals surface area contributed by atoms with Gasteiger partial charge in [0.25, 0.3) is 0 Å². The van der Waals surface area contributed by atoms with Gasteiger partial charge >= 0.3 is 0 Å². The number of benzene rings is 2. The van der Waals surface area contributed by atoms with Crippen molar-refractivity contribution in [3.8, 4) is 16.9 Å². The minimum Gasteiger partial charge on any atom is -0.490 e. The van der Waals surface area contributed by atoms with E-state index in [1.165, 1.54) is 5.56 Å². The minimum absolute atomic E-state index is 0.544. The Labute approximate surface area is 149 Å². The number of fused-ring (bicyclic) bond motifs is 3. The molecule has 5 heteroatoms. The summed E-state index contributed by atoms with van der Waals surface area (Å²) in [5, 5.41) is 7.25. The summed E-state index contributed by atoms with van der Waals surface area (Å²) in [4.78, 5) is 0. The van der Waals surface area contributed by atoms with Crippen LogP contribution in [0.5, 0.6) is 5.75 Å². The fourth-order valence-corrected chi connectivity index (χ4v) is 2.86. The lowest BCUT2D eigenvalue weighted by molar-refractivity contribution is 0.362. The Morgan fingerprint density at radius 1 is 1.04 bits per heavy atom. The molecule has 2 aromatic rings. The van der Waals surface area contributed by atoms with E-state index >= 15 is 0 Å². The molecule has 0 saturated heterocycles. The molecule has 0 saturated carbocycles. The molecule has 23 heavy (non-hydrogen) atoms. The second-order valence-electron chi connectivity index (χ2n) is 5.10. The molecule has 0 fully saturated rings. The number of halogens is 1. The zero-order chi connectivity index (χ0) is 16.1. The highest BCUT2D eigenvalue weighted by Gasteiger charge is 2.25. The molecule has 0 heterocycles. The molecular weight excluding hydrogens is 403 g/mol. The first-order valence-electron chi connectivity index (χ1n) is 7.37. The lowest BCUT2D eigenvalue weighted by Gasteiger charge is -2.06. The van der Waals surface area contributed by atoms with Gasteiger partial charge in [-0.1, -0.05) is 41.6 Å². The fraction of sp³-hybridized carbons (Fsp3) is 0.167. The summed E-state index contributed by atoms with van der Waals surface area (Å²) in [6.45, 7) is 1.38. The first-order chi connectivity index (χ1) is 11.3. The number of ether oxygens (including phenoxy) is 1. The van der Waals surface area contributed by atoms with Gasteiger partial charge in [-0.2, -0.15) is 0 Å². The van der Waals surface area contributed by atoms with E-state index in [0.717, 1.165) is 34.7 Å². The van der Waals surface area contributed by atoms with Crippen LogP contribution in [0.15, 0.2) is 59.8 Å². The van der Waals surface area contributed by atoms with Gasteiger partial charge in [-0.25, -0.2) is 0 Å². The molecule has 2 aromatic carbocycles. The minimum atomic E-state index is 0.544. The van der Waals surface area contributed by atoms with Crippen LogP contribution in [0.3, 0.4) is 0 Å². The van der Waals surface area contributed by atoms with Crippen LogP contribution < -0.4 is 10.1 Å². The Morgan fingerprint density at radius 2 is 1.83 bits per heavy atom. The van der Waals surface area contributed by atoms with Crippen LogP contribution in [0, 0.1) is 0 Å². The van der Waals surface area contributed by atoms with Crippen molar-refractivity contribution in [2.75, 3.05) is 20.2 Å². The van der Waals surface area contributed by atoms with Crippen molar-refractivity contribution in [3.05, 3.63) is 65.7 Å². The van der Waals surface area contributed by atoms with Crippen molar-refractivity contribution in [2.24, 2.45) is 5.16 Å². The lowest BCUT2D eigenvalue weighted by atomic mass is 10.1. The Bertz CT molecular complexity index is 756. The maximum atomic E-state index is 5.79. The molecule has 0 aromatic heterocycles. The second kappa shape index (κ2) is 7.61. The Kier molecular flexibility index (Phi) is 5.30. The van der Waals surface area contributed by atoms with Crippen molar-refractivity contribution >= 4 is 28.7 Å². The number of hydrogen-bond acceptors (Lipinski definition) is 4. The van der Waals surface area contributed by atoms with Crippen molar-refractivity contribution in [1.29, 1.82) is 0 Å². The number of nitrogens with zero attached hydrogens (tertiary/aromatic N) is 1. The van der Waals surface area contributed by atoms with Crippen molar-refractivity contribution in [2.45, 2.75) is 0 Å². The predicted molar refractivity (Wildman–Crippen MR) is 101 cm³/mol. The topological polar surface area (TPSA) is 42.8 Å². The predicted octanol–water partition coefficient (Wildman–Crippen LogP) is 3.94. The summed E-state index contributed by atoms with van der Waals surface area (Å²) in [5.41, 5.74) is 5.31. The maximum absolute atomic E-state index is 5.79. The van der Waals surface area contributed by atoms with Gasteiger partial charge in [0.2, 0.25) is 23.0 Å². The number of rotatable bonds is 6. The Morgan fingerprint density at radius 3 is 2.61 bits per heavy atom. The van der Waals surface area contributed by atoms with E-state index in [2.05, 4.69) is 28.7 Å². The van der Waals surface area contributed by atoms with E-state index in [1.54, 1.807) is 23.0 Å². The SMILES string of the molecule is CNC/C=C\COc1ccc2c(c1)/C(=N/OI)c1ccccc1-2. The van der Waals surface area contributed by atoms with Gasteiger partial charge in [0, 0.05) is 17.7 Å². The van der Waals surface area contributed by atoms with Gasteiger partial charge in [-0.3, -0.25) is 0 Å². The highest BCUT2D eigenvalue weighted by Crippen LogP contribution is 2.38. The molecule has 3 rings (SSSR count). The summed E-state index contributed by atoms with van der Waals surface area (Å²) in [6, 6.07) is 14.3. The van der Waals surface area contributed by atoms with Gasteiger partial charge in [0.1, 0.15) is 18.1 Å². The molecule has 0 unspecified atom stereocenters. The first-order valence-corrected chi connectivity index (χ1v) is 8.25. The standard InChI is InChI=1S/C18H17IN2O2/c1-20-10-4-5-11-22-13-8-9-15-14-6-2-3-7-16(14)18(21-23-19)17(15)12-13/h2-9,12,20H,10-11H2,1H3/b5-4-,21-18+. The largest absolute Gasteiger partial charge is 0.490 e. The molecule has 0 atom stereocenters. The highest BCUT2D eigenvalue weighted by molar-refractivity contribution is 14.1. The number of likely N-dealkylation sites (N-methyl/N-ethyl adjacent to an activating group) is 1. The summed E-state index contributed by atoms with van der Waals surface area (Å²) in [6.07, 6.45) is 4.04. The van der Waals surface area contributed by atoms with Crippen LogP contribution in [-0.2, 0) is 3.17 Å². The van der Waals surface area contributed by atoms with Crippen LogP contribution in [0.25, 0.3) is 11.1 Å². The fourth-order valence-electron chi connectivity index (χ4n) is 2.66. The molecule has 0 spiro atoms. The zero-order valence-corrected chi connectivity index (χ0v) is 14.9. The lowest BCUT2D eigenvalue weighted by Crippen LogP contribution is -2.05. The molecule has 1 aliphatic rings. The van der Waals surface area contributed by atoms with Crippen LogP contribution in [-0.4, -0.2) is 25.9 Å². The van der Waals surface area contributed by atoms with E-state index in [4.69, 9.17) is 7.90 Å². The molecule has 118 valence electrons. The quantitative estimate of drug-likeness (QED) is 0.373. The summed E-state index contributed by atoms with van der Waals surface area (Å²) >= 11 is 1.78. The summed E-state index contributed by atoms with van der Waals surface area (Å²) in [7, 11) is 1.92. The molecule has 1 aliphatic carbocycles. The Hall–Kier alpha value is -1.86. The monoisotopic (exact) mass is 420 g/mol. The van der Waals surface area contributed by atoms with E-state index in [9.17, 15) is 0 Å². The molecule has 0 bridgehead atoms. The van der Waals surface area contributed by atoms with Crippen molar-refractivity contribution in [1.82, 2.24) is 5.32 Å². The van der Waals surface area contributed by atoms with Crippen LogP contribution in [0.1, 0.15) is 11.1 Å². The molecule has 1 N–H and O–H groups in total. The molecule has 0 aliphatic heterocycles. The van der Waals surface area contributed by atoms with Crippen LogP contribution >= 0.6 is 23.0 Å². The number of nitrogens with one attached hydrogen (secondary N) is 1. The van der Waals surface area contributed by atoms with E-state index in [-0.39, 0.29) is 0 Å². The third-order valence-corrected chi connectivity index (χ3v) is 3.88. The average molecular weight is 420 g/mol.